The molecule has 0 saturated carbocycles. The van der Waals surface area contributed by atoms with E-state index in [1.807, 2.05) is 13.0 Å². The molecule has 24 heavy (non-hydrogen) atoms. The van der Waals surface area contributed by atoms with Gasteiger partial charge in [-0.3, -0.25) is 4.79 Å². The molecule has 2 aromatic rings. The van der Waals surface area contributed by atoms with Gasteiger partial charge in [-0.05, 0) is 19.9 Å². The van der Waals surface area contributed by atoms with E-state index in [1.54, 1.807) is 25.1 Å². The Labute approximate surface area is 139 Å². The average molecular weight is 332 g/mol. The Hall–Kier alpha value is -2.32. The molecule has 128 valence electrons. The number of methoxy groups -OCH3 is 1. The molecule has 8 heteroatoms. The van der Waals surface area contributed by atoms with Crippen LogP contribution in [-0.4, -0.2) is 52.7 Å². The maximum atomic E-state index is 12.8. The molecule has 1 fully saturated rings. The first-order valence-corrected chi connectivity index (χ1v) is 7.74. The highest BCUT2D eigenvalue weighted by molar-refractivity contribution is 5.93. The monoisotopic (exact) mass is 332 g/mol. The third kappa shape index (κ3) is 3.29. The zero-order chi connectivity index (χ0) is 17.1. The van der Waals surface area contributed by atoms with Crippen molar-refractivity contribution < 1.29 is 18.8 Å². The van der Waals surface area contributed by atoms with E-state index in [1.165, 1.54) is 0 Å². The van der Waals surface area contributed by atoms with E-state index in [0.29, 0.717) is 42.5 Å². The van der Waals surface area contributed by atoms with Gasteiger partial charge in [0.1, 0.15) is 17.7 Å². The number of aromatic nitrogens is 3. The molecule has 3 heterocycles. The number of nitrogens with zero attached hydrogens (tertiary/aromatic N) is 4. The molecule has 1 aliphatic rings. The predicted octanol–water partition coefficient (Wildman–Crippen LogP) is 1.44. The summed E-state index contributed by atoms with van der Waals surface area (Å²) in [4.78, 5) is 23.0. The number of hydrogen-bond donors (Lipinski definition) is 0. The van der Waals surface area contributed by atoms with Crippen LogP contribution < -0.4 is 0 Å². The maximum absolute atomic E-state index is 12.8. The number of hydrogen-bond acceptors (Lipinski definition) is 7. The van der Waals surface area contributed by atoms with E-state index >= 15 is 0 Å². The zero-order valence-corrected chi connectivity index (χ0v) is 14.0. The summed E-state index contributed by atoms with van der Waals surface area (Å²) in [5, 5.41) is 3.91. The lowest BCUT2D eigenvalue weighted by Gasteiger charge is -2.32. The summed E-state index contributed by atoms with van der Waals surface area (Å²) in [6.07, 6.45) is 1.42. The molecule has 1 aliphatic heterocycles. The molecule has 0 spiro atoms. The van der Waals surface area contributed by atoms with Crippen molar-refractivity contribution in [3.05, 3.63) is 40.8 Å². The standard InChI is InChI=1S/C16H20N4O4/c1-10-12(9-22-3)15(19-24-10)16(21)20-6-7-23-14(8-20)13-4-5-17-11(2)18-13/h4-5,14H,6-9H2,1-3H3. The van der Waals surface area contributed by atoms with Gasteiger partial charge < -0.3 is 18.9 Å². The first-order valence-electron chi connectivity index (χ1n) is 7.74. The van der Waals surface area contributed by atoms with Gasteiger partial charge in [0.05, 0.1) is 31.0 Å². The van der Waals surface area contributed by atoms with Gasteiger partial charge in [0.2, 0.25) is 0 Å². The topological polar surface area (TPSA) is 90.6 Å². The fraction of sp³-hybridized carbons (Fsp3) is 0.500. The first kappa shape index (κ1) is 16.5. The van der Waals surface area contributed by atoms with Gasteiger partial charge in [0.25, 0.3) is 5.91 Å². The molecule has 2 aromatic heterocycles. The third-order valence-electron chi connectivity index (χ3n) is 3.96. The number of aryl methyl sites for hydroxylation is 2. The number of carbonyl (C=O) groups is 1. The normalized spacial score (nSPS) is 18.0. The molecule has 1 unspecified atom stereocenters. The smallest absolute Gasteiger partial charge is 0.276 e. The maximum Gasteiger partial charge on any atom is 0.276 e. The summed E-state index contributed by atoms with van der Waals surface area (Å²) < 4.78 is 16.1. The van der Waals surface area contributed by atoms with Crippen LogP contribution in [0.3, 0.4) is 0 Å². The summed E-state index contributed by atoms with van der Waals surface area (Å²) in [7, 11) is 1.57. The summed E-state index contributed by atoms with van der Waals surface area (Å²) in [5.74, 6) is 1.09. The van der Waals surface area contributed by atoms with Crippen molar-refractivity contribution in [3.8, 4) is 0 Å². The van der Waals surface area contributed by atoms with Crippen molar-refractivity contribution in [1.29, 1.82) is 0 Å². The number of ether oxygens (including phenoxy) is 2. The van der Waals surface area contributed by atoms with Crippen molar-refractivity contribution in [2.24, 2.45) is 0 Å². The van der Waals surface area contributed by atoms with Crippen LogP contribution in [0.1, 0.15) is 39.4 Å². The zero-order valence-electron chi connectivity index (χ0n) is 14.0. The predicted molar refractivity (Wildman–Crippen MR) is 83.3 cm³/mol. The number of rotatable bonds is 4. The van der Waals surface area contributed by atoms with Gasteiger partial charge >= 0.3 is 0 Å². The lowest BCUT2D eigenvalue weighted by molar-refractivity contribution is -0.0252. The van der Waals surface area contributed by atoms with Crippen molar-refractivity contribution in [2.45, 2.75) is 26.6 Å². The Morgan fingerprint density at radius 1 is 1.46 bits per heavy atom. The summed E-state index contributed by atoms with van der Waals surface area (Å²) in [6.45, 7) is 5.23. The van der Waals surface area contributed by atoms with E-state index in [-0.39, 0.29) is 18.6 Å². The van der Waals surface area contributed by atoms with Crippen LogP contribution in [0.2, 0.25) is 0 Å². The van der Waals surface area contributed by atoms with Crippen LogP contribution in [0.25, 0.3) is 0 Å². The molecular weight excluding hydrogens is 312 g/mol. The SMILES string of the molecule is COCc1c(C(=O)N2CCOC(c3ccnc(C)n3)C2)noc1C. The average Bonchev–Trinajstić information content (AvgIpc) is 2.96. The van der Waals surface area contributed by atoms with Crippen molar-refractivity contribution in [1.82, 2.24) is 20.0 Å². The van der Waals surface area contributed by atoms with Gasteiger partial charge in [-0.1, -0.05) is 5.16 Å². The number of amides is 1. The minimum atomic E-state index is -0.275. The van der Waals surface area contributed by atoms with Crippen LogP contribution in [0.15, 0.2) is 16.8 Å². The first-order chi connectivity index (χ1) is 11.6. The van der Waals surface area contributed by atoms with Crippen LogP contribution >= 0.6 is 0 Å². The van der Waals surface area contributed by atoms with Gasteiger partial charge in [-0.2, -0.15) is 0 Å². The Morgan fingerprint density at radius 2 is 2.29 bits per heavy atom. The Balaban J connectivity index is 1.78. The van der Waals surface area contributed by atoms with Crippen LogP contribution in [0, 0.1) is 13.8 Å². The summed E-state index contributed by atoms with van der Waals surface area (Å²) in [5.41, 5.74) is 1.76. The second-order valence-electron chi connectivity index (χ2n) is 5.64. The van der Waals surface area contributed by atoms with Crippen molar-refractivity contribution >= 4 is 5.91 Å². The van der Waals surface area contributed by atoms with Crippen molar-refractivity contribution in [2.75, 3.05) is 26.8 Å². The molecule has 0 radical (unpaired) electrons. The quantitative estimate of drug-likeness (QED) is 0.836. The molecule has 0 bridgehead atoms. The molecule has 3 rings (SSSR count). The van der Waals surface area contributed by atoms with E-state index in [2.05, 4.69) is 15.1 Å². The molecule has 1 atom stereocenters. The molecule has 0 N–H and O–H groups in total. The highest BCUT2D eigenvalue weighted by Crippen LogP contribution is 2.23. The van der Waals surface area contributed by atoms with E-state index in [4.69, 9.17) is 14.0 Å². The molecule has 8 nitrogen and oxygen atoms in total. The highest BCUT2D eigenvalue weighted by atomic mass is 16.5. The Kier molecular flexibility index (Phi) is 4.86. The van der Waals surface area contributed by atoms with E-state index in [9.17, 15) is 4.79 Å². The van der Waals surface area contributed by atoms with E-state index in [0.717, 1.165) is 5.69 Å². The van der Waals surface area contributed by atoms with Crippen LogP contribution in [-0.2, 0) is 16.1 Å². The lowest BCUT2D eigenvalue weighted by Crippen LogP contribution is -2.43. The molecule has 1 amide bonds. The van der Waals surface area contributed by atoms with Crippen LogP contribution in [0.4, 0.5) is 0 Å². The minimum Gasteiger partial charge on any atom is -0.380 e. The highest BCUT2D eigenvalue weighted by Gasteiger charge is 2.30. The molecule has 0 aromatic carbocycles. The third-order valence-corrected chi connectivity index (χ3v) is 3.96. The number of carbonyl (C=O) groups excluding carboxylic acids is 1. The Morgan fingerprint density at radius 3 is 3.04 bits per heavy atom. The fourth-order valence-electron chi connectivity index (χ4n) is 2.69. The van der Waals surface area contributed by atoms with E-state index < -0.39 is 0 Å². The largest absolute Gasteiger partial charge is 0.380 e. The van der Waals surface area contributed by atoms with Gasteiger partial charge in [-0.25, -0.2) is 9.97 Å². The van der Waals surface area contributed by atoms with Gasteiger partial charge in [-0.15, -0.1) is 0 Å². The van der Waals surface area contributed by atoms with Crippen LogP contribution in [0.5, 0.6) is 0 Å². The second-order valence-corrected chi connectivity index (χ2v) is 5.64. The minimum absolute atomic E-state index is 0.182. The summed E-state index contributed by atoms with van der Waals surface area (Å²) >= 11 is 0. The van der Waals surface area contributed by atoms with Crippen molar-refractivity contribution in [3.63, 3.8) is 0 Å². The van der Waals surface area contributed by atoms with Gasteiger partial charge in [0.15, 0.2) is 5.69 Å². The fourth-order valence-corrected chi connectivity index (χ4v) is 2.69. The molecule has 1 saturated heterocycles. The summed E-state index contributed by atoms with van der Waals surface area (Å²) in [6, 6.07) is 1.81. The van der Waals surface area contributed by atoms with Gasteiger partial charge in [0, 0.05) is 19.9 Å². The number of morpholine rings is 1. The second kappa shape index (κ2) is 7.06. The molecule has 0 aliphatic carbocycles. The Bertz CT molecular complexity index is 731. The lowest BCUT2D eigenvalue weighted by atomic mass is 10.1. The molecular formula is C16H20N4O4.